The molecule has 13 heteroatoms. The molecule has 31 heavy (non-hydrogen) atoms. The fourth-order valence-corrected chi connectivity index (χ4v) is 2.74. The molecule has 1 heterocycles. The molecule has 1 aliphatic rings. The fraction of sp³-hybridized carbons (Fsp3) is 0.611. The Balaban J connectivity index is 0.00000480. The quantitative estimate of drug-likeness (QED) is 0.148. The molecule has 0 amide bonds. The zero-order valence-electron chi connectivity index (χ0n) is 17.1. The van der Waals surface area contributed by atoms with Gasteiger partial charge in [0.05, 0.1) is 13.1 Å². The molecular weight excluding hydrogens is 542 g/mol. The highest BCUT2D eigenvalue weighted by Gasteiger charge is 2.28. The maximum atomic E-state index is 12.7. The first kappa shape index (κ1) is 27.3. The Hall–Kier alpha value is -1.77. The van der Waals surface area contributed by atoms with E-state index in [4.69, 9.17) is 9.47 Å². The monoisotopic (exact) mass is 568 g/mol. The summed E-state index contributed by atoms with van der Waals surface area (Å²) >= 11 is 0. The van der Waals surface area contributed by atoms with E-state index < -0.39 is 19.3 Å². The number of nitrogens with one attached hydrogen (secondary N) is 2. The lowest BCUT2D eigenvalue weighted by Crippen LogP contribution is -2.39. The fourth-order valence-electron chi connectivity index (χ4n) is 2.74. The Kier molecular flexibility index (Phi) is 11.4. The number of fused-ring (bicyclic) bond motifs is 1. The summed E-state index contributed by atoms with van der Waals surface area (Å²) < 4.78 is 77.4. The van der Waals surface area contributed by atoms with Gasteiger partial charge in [-0.3, -0.25) is 4.90 Å². The van der Waals surface area contributed by atoms with Gasteiger partial charge in [0.2, 0.25) is 6.79 Å². The number of alkyl halides is 5. The van der Waals surface area contributed by atoms with Crippen LogP contribution in [0.4, 0.5) is 22.0 Å². The lowest BCUT2D eigenvalue weighted by Gasteiger charge is -2.19. The van der Waals surface area contributed by atoms with Crippen LogP contribution < -0.4 is 24.8 Å². The summed E-state index contributed by atoms with van der Waals surface area (Å²) in [7, 11) is 1.40. The van der Waals surface area contributed by atoms with E-state index in [-0.39, 0.29) is 49.6 Å². The normalized spacial score (nSPS) is 13.4. The summed E-state index contributed by atoms with van der Waals surface area (Å²) in [5.41, 5.74) is 0.377. The van der Waals surface area contributed by atoms with Crippen LogP contribution in [-0.2, 0) is 6.54 Å². The minimum atomic E-state index is -4.23. The molecule has 1 aliphatic heterocycles. The van der Waals surface area contributed by atoms with Crippen LogP contribution in [0, 0.1) is 0 Å². The zero-order valence-corrected chi connectivity index (χ0v) is 19.4. The third kappa shape index (κ3) is 9.93. The molecule has 0 radical (unpaired) electrons. The van der Waals surface area contributed by atoms with E-state index in [0.717, 1.165) is 0 Å². The molecule has 0 atom stereocenters. The Morgan fingerprint density at radius 3 is 2.52 bits per heavy atom. The predicted octanol–water partition coefficient (Wildman–Crippen LogP) is 3.57. The van der Waals surface area contributed by atoms with Crippen LogP contribution in [0.25, 0.3) is 0 Å². The summed E-state index contributed by atoms with van der Waals surface area (Å²) in [4.78, 5) is 5.52. The van der Waals surface area contributed by atoms with Crippen molar-refractivity contribution < 1.29 is 36.2 Å². The Labute approximate surface area is 194 Å². The van der Waals surface area contributed by atoms with Crippen molar-refractivity contribution in [1.29, 1.82) is 0 Å². The van der Waals surface area contributed by atoms with E-state index in [1.807, 2.05) is 6.92 Å². The van der Waals surface area contributed by atoms with Crippen molar-refractivity contribution in [3.05, 3.63) is 17.7 Å². The van der Waals surface area contributed by atoms with Gasteiger partial charge in [-0.2, -0.15) is 22.0 Å². The van der Waals surface area contributed by atoms with E-state index in [1.165, 1.54) is 24.1 Å². The van der Waals surface area contributed by atoms with Crippen LogP contribution >= 0.6 is 24.0 Å². The standard InChI is InChI=1S/C18H25F5N4O3.HI/c1-3-24-17(25-5-4-6-27(2)10-18(21,22)23)26-9-12-7-14-15(29-11-28-14)8-13(12)30-16(19)20;/h7-8,16H,3-6,9-11H2,1-2H3,(H2,24,25,26);1H. The number of ether oxygens (including phenoxy) is 3. The summed E-state index contributed by atoms with van der Waals surface area (Å²) in [6.45, 7) is -0.950. The summed E-state index contributed by atoms with van der Waals surface area (Å²) in [6, 6.07) is 2.86. The van der Waals surface area contributed by atoms with Crippen molar-refractivity contribution in [2.45, 2.75) is 32.7 Å². The third-order valence-electron chi connectivity index (χ3n) is 3.98. The van der Waals surface area contributed by atoms with Crippen molar-refractivity contribution in [1.82, 2.24) is 15.5 Å². The van der Waals surface area contributed by atoms with E-state index in [0.29, 0.717) is 42.5 Å². The number of hydrogen-bond acceptors (Lipinski definition) is 5. The van der Waals surface area contributed by atoms with E-state index in [2.05, 4.69) is 20.4 Å². The van der Waals surface area contributed by atoms with Crippen LogP contribution in [0.5, 0.6) is 17.2 Å². The largest absolute Gasteiger partial charge is 0.454 e. The predicted molar refractivity (Wildman–Crippen MR) is 116 cm³/mol. The second kappa shape index (κ2) is 12.9. The van der Waals surface area contributed by atoms with E-state index >= 15 is 0 Å². The molecule has 0 bridgehead atoms. The highest BCUT2D eigenvalue weighted by molar-refractivity contribution is 14.0. The molecule has 2 rings (SSSR count). The van der Waals surface area contributed by atoms with Crippen LogP contribution in [0.2, 0.25) is 0 Å². The number of halogens is 6. The first-order valence-corrected chi connectivity index (χ1v) is 9.32. The molecule has 7 nitrogen and oxygen atoms in total. The number of benzene rings is 1. The second-order valence-electron chi connectivity index (χ2n) is 6.52. The molecule has 0 aromatic heterocycles. The molecule has 1 aromatic carbocycles. The highest BCUT2D eigenvalue weighted by atomic mass is 127. The first-order valence-electron chi connectivity index (χ1n) is 9.32. The SMILES string of the molecule is CCNC(=NCc1cc2c(cc1OC(F)F)OCO2)NCCCN(C)CC(F)(F)F.I. The molecule has 0 spiro atoms. The Bertz CT molecular complexity index is 722. The summed E-state index contributed by atoms with van der Waals surface area (Å²) in [5.74, 6) is 1.05. The van der Waals surface area contributed by atoms with Crippen LogP contribution in [0.1, 0.15) is 18.9 Å². The maximum Gasteiger partial charge on any atom is 0.401 e. The van der Waals surface area contributed by atoms with Gasteiger partial charge >= 0.3 is 12.8 Å². The molecule has 0 aliphatic carbocycles. The van der Waals surface area contributed by atoms with Gasteiger partial charge in [0.1, 0.15) is 5.75 Å². The zero-order chi connectivity index (χ0) is 22.1. The molecule has 1 aromatic rings. The van der Waals surface area contributed by atoms with Gasteiger partial charge < -0.3 is 24.8 Å². The van der Waals surface area contributed by atoms with Gasteiger partial charge in [0.25, 0.3) is 0 Å². The number of rotatable bonds is 10. The smallest absolute Gasteiger partial charge is 0.401 e. The molecular formula is C18H26F5IN4O3. The van der Waals surface area contributed by atoms with Gasteiger partial charge in [0.15, 0.2) is 17.5 Å². The maximum absolute atomic E-state index is 12.7. The Morgan fingerprint density at radius 2 is 1.90 bits per heavy atom. The van der Waals surface area contributed by atoms with Gasteiger partial charge in [0, 0.05) is 24.7 Å². The first-order chi connectivity index (χ1) is 14.2. The van der Waals surface area contributed by atoms with Crippen molar-refractivity contribution >= 4 is 29.9 Å². The third-order valence-corrected chi connectivity index (χ3v) is 3.98. The Morgan fingerprint density at radius 1 is 1.23 bits per heavy atom. The molecule has 0 saturated heterocycles. The number of guanidine groups is 1. The number of hydrogen-bond donors (Lipinski definition) is 2. The number of nitrogens with zero attached hydrogens (tertiary/aromatic N) is 2. The van der Waals surface area contributed by atoms with Gasteiger partial charge in [-0.15, -0.1) is 24.0 Å². The van der Waals surface area contributed by atoms with Crippen molar-refractivity contribution in [3.8, 4) is 17.2 Å². The van der Waals surface area contributed by atoms with Crippen molar-refractivity contribution in [3.63, 3.8) is 0 Å². The van der Waals surface area contributed by atoms with Crippen molar-refractivity contribution in [2.75, 3.05) is 40.0 Å². The lowest BCUT2D eigenvalue weighted by molar-refractivity contribution is -0.143. The van der Waals surface area contributed by atoms with Crippen LogP contribution in [0.15, 0.2) is 17.1 Å². The van der Waals surface area contributed by atoms with Crippen LogP contribution in [0.3, 0.4) is 0 Å². The summed E-state index contributed by atoms with van der Waals surface area (Å²) in [6.07, 6.45) is -3.78. The second-order valence-corrected chi connectivity index (χ2v) is 6.52. The van der Waals surface area contributed by atoms with Gasteiger partial charge in [-0.25, -0.2) is 4.99 Å². The molecule has 0 unspecified atom stereocenters. The molecule has 178 valence electrons. The molecule has 2 N–H and O–H groups in total. The van der Waals surface area contributed by atoms with Crippen LogP contribution in [-0.4, -0.2) is 63.7 Å². The molecule has 0 saturated carbocycles. The van der Waals surface area contributed by atoms with E-state index in [9.17, 15) is 22.0 Å². The molecule has 0 fully saturated rings. The number of aliphatic imine (C=N–C) groups is 1. The average Bonchev–Trinajstić information content (AvgIpc) is 3.08. The van der Waals surface area contributed by atoms with E-state index in [1.54, 1.807) is 0 Å². The lowest BCUT2D eigenvalue weighted by atomic mass is 10.1. The van der Waals surface area contributed by atoms with Gasteiger partial charge in [-0.05, 0) is 33.0 Å². The topological polar surface area (TPSA) is 67.4 Å². The minimum Gasteiger partial charge on any atom is -0.454 e. The average molecular weight is 568 g/mol. The summed E-state index contributed by atoms with van der Waals surface area (Å²) in [5, 5.41) is 6.00. The highest BCUT2D eigenvalue weighted by Crippen LogP contribution is 2.39. The minimum absolute atomic E-state index is 0. The van der Waals surface area contributed by atoms with Crippen molar-refractivity contribution in [2.24, 2.45) is 4.99 Å². The van der Waals surface area contributed by atoms with Gasteiger partial charge in [-0.1, -0.05) is 0 Å².